The summed E-state index contributed by atoms with van der Waals surface area (Å²) in [7, 11) is 3.16. The third-order valence-electron chi connectivity index (χ3n) is 6.88. The Hall–Kier alpha value is -5.25. The van der Waals surface area contributed by atoms with Crippen LogP contribution in [-0.4, -0.2) is 42.6 Å². The molecule has 10 nitrogen and oxygen atoms in total. The summed E-state index contributed by atoms with van der Waals surface area (Å²) in [4.78, 5) is 30.8. The van der Waals surface area contributed by atoms with Crippen molar-refractivity contribution in [3.63, 3.8) is 0 Å². The van der Waals surface area contributed by atoms with Gasteiger partial charge in [0.15, 0.2) is 11.5 Å². The van der Waals surface area contributed by atoms with Crippen molar-refractivity contribution in [3.05, 3.63) is 84.3 Å². The predicted octanol–water partition coefficient (Wildman–Crippen LogP) is 6.89. The van der Waals surface area contributed by atoms with E-state index in [9.17, 15) is 9.59 Å². The number of methoxy groups -OCH3 is 2. The van der Waals surface area contributed by atoms with Gasteiger partial charge >= 0.3 is 6.03 Å². The molecule has 5 rings (SSSR count). The van der Waals surface area contributed by atoms with Crippen LogP contribution in [0.4, 0.5) is 21.9 Å². The summed E-state index contributed by atoms with van der Waals surface area (Å²) >= 11 is 0. The lowest BCUT2D eigenvalue weighted by atomic mass is 10.1. The number of pyridine rings is 1. The predicted molar refractivity (Wildman–Crippen MR) is 164 cm³/mol. The molecule has 1 aromatic heterocycles. The highest BCUT2D eigenvalue weighted by Gasteiger charge is 2.17. The Morgan fingerprint density at radius 3 is 2.29 bits per heavy atom. The van der Waals surface area contributed by atoms with Gasteiger partial charge in [-0.2, -0.15) is 0 Å². The summed E-state index contributed by atoms with van der Waals surface area (Å²) < 4.78 is 17.1. The Kier molecular flexibility index (Phi) is 8.42. The molecule has 216 valence electrons. The smallest absolute Gasteiger partial charge is 0.323 e. The van der Waals surface area contributed by atoms with Crippen molar-refractivity contribution >= 4 is 39.9 Å². The first-order valence-corrected chi connectivity index (χ1v) is 13.6. The summed E-state index contributed by atoms with van der Waals surface area (Å²) in [5.74, 6) is 2.44. The standard InChI is InChI=1S/C32H33N5O5/c1-5-31(38)37-15-13-24(19-37)34-21-8-10-22(11-9-21)35-32(39)36-23-7-6-20(2)28(16-23)42-27-12-14-33-26-18-30(41-4)29(40-3)17-25(26)27/h6-12,14,16-19,34H,5,13,15H2,1-4H3,(H2,35,36,39). The monoisotopic (exact) mass is 567 g/mol. The van der Waals surface area contributed by atoms with Crippen LogP contribution in [0.3, 0.4) is 0 Å². The van der Waals surface area contributed by atoms with Gasteiger partial charge in [-0.15, -0.1) is 0 Å². The fraction of sp³-hybridized carbons (Fsp3) is 0.219. The fourth-order valence-corrected chi connectivity index (χ4v) is 4.61. The van der Waals surface area contributed by atoms with Crippen LogP contribution >= 0.6 is 0 Å². The number of nitrogens with one attached hydrogen (secondary N) is 3. The van der Waals surface area contributed by atoms with Gasteiger partial charge in [0, 0.05) is 72.1 Å². The third-order valence-corrected chi connectivity index (χ3v) is 6.88. The van der Waals surface area contributed by atoms with Crippen molar-refractivity contribution in [3.8, 4) is 23.0 Å². The zero-order chi connectivity index (χ0) is 29.6. The van der Waals surface area contributed by atoms with E-state index in [-0.39, 0.29) is 11.9 Å². The number of aryl methyl sites for hydroxylation is 1. The summed E-state index contributed by atoms with van der Waals surface area (Å²) in [6, 6.07) is 17.9. The van der Waals surface area contributed by atoms with Gasteiger partial charge in [0.2, 0.25) is 5.91 Å². The number of benzene rings is 3. The first kappa shape index (κ1) is 28.3. The van der Waals surface area contributed by atoms with Crippen LogP contribution in [0.15, 0.2) is 78.8 Å². The van der Waals surface area contributed by atoms with E-state index in [0.717, 1.165) is 28.8 Å². The largest absolute Gasteiger partial charge is 0.493 e. The van der Waals surface area contributed by atoms with Crippen molar-refractivity contribution in [1.29, 1.82) is 0 Å². The first-order valence-electron chi connectivity index (χ1n) is 13.6. The third kappa shape index (κ3) is 6.38. The topological polar surface area (TPSA) is 114 Å². The van der Waals surface area contributed by atoms with Gasteiger partial charge in [0.1, 0.15) is 11.5 Å². The van der Waals surface area contributed by atoms with E-state index in [0.29, 0.717) is 52.9 Å². The summed E-state index contributed by atoms with van der Waals surface area (Å²) in [5.41, 5.74) is 4.66. The number of rotatable bonds is 9. The average Bonchev–Trinajstić information content (AvgIpc) is 3.47. The molecule has 0 atom stereocenters. The lowest BCUT2D eigenvalue weighted by molar-refractivity contribution is -0.127. The number of carbonyl (C=O) groups is 2. The molecule has 3 aromatic carbocycles. The van der Waals surface area contributed by atoms with Crippen molar-refractivity contribution in [1.82, 2.24) is 9.88 Å². The zero-order valence-electron chi connectivity index (χ0n) is 24.0. The molecule has 0 spiro atoms. The number of ether oxygens (including phenoxy) is 3. The molecule has 0 fully saturated rings. The SMILES string of the molecule is CCC(=O)N1C=C(Nc2ccc(NC(=O)Nc3ccc(C)c(Oc4ccnc5cc(OC)c(OC)cc45)c3)cc2)CC1. The van der Waals surface area contributed by atoms with Gasteiger partial charge in [-0.3, -0.25) is 9.78 Å². The second-order valence-corrected chi connectivity index (χ2v) is 9.74. The van der Waals surface area contributed by atoms with Crippen LogP contribution in [0, 0.1) is 6.92 Å². The van der Waals surface area contributed by atoms with Crippen LogP contribution < -0.4 is 30.2 Å². The van der Waals surface area contributed by atoms with E-state index in [1.54, 1.807) is 43.5 Å². The van der Waals surface area contributed by atoms with Crippen LogP contribution in [0.25, 0.3) is 10.9 Å². The van der Waals surface area contributed by atoms with E-state index >= 15 is 0 Å². The molecular weight excluding hydrogens is 534 g/mol. The molecule has 0 saturated carbocycles. The Morgan fingerprint density at radius 2 is 1.55 bits per heavy atom. The number of amides is 3. The van der Waals surface area contributed by atoms with Crippen LogP contribution in [0.5, 0.6) is 23.0 Å². The first-order chi connectivity index (χ1) is 20.4. The molecule has 1 aliphatic heterocycles. The molecule has 1 aliphatic rings. The number of urea groups is 1. The minimum Gasteiger partial charge on any atom is -0.493 e. The van der Waals surface area contributed by atoms with E-state index in [1.807, 2.05) is 62.5 Å². The van der Waals surface area contributed by atoms with E-state index in [4.69, 9.17) is 14.2 Å². The lowest BCUT2D eigenvalue weighted by Gasteiger charge is -2.15. The molecule has 3 N–H and O–H groups in total. The average molecular weight is 568 g/mol. The maximum atomic E-state index is 12.8. The fourth-order valence-electron chi connectivity index (χ4n) is 4.61. The Labute approximate surface area is 244 Å². The summed E-state index contributed by atoms with van der Waals surface area (Å²) in [6.07, 6.45) is 4.78. The number of anilines is 3. The maximum absolute atomic E-state index is 12.8. The molecule has 0 unspecified atom stereocenters. The van der Waals surface area contributed by atoms with Crippen LogP contribution in [-0.2, 0) is 4.79 Å². The number of hydrogen-bond acceptors (Lipinski definition) is 7. The highest BCUT2D eigenvalue weighted by Crippen LogP contribution is 2.38. The zero-order valence-corrected chi connectivity index (χ0v) is 24.0. The van der Waals surface area contributed by atoms with Gasteiger partial charge in [-0.05, 0) is 55.0 Å². The molecular formula is C32H33N5O5. The summed E-state index contributed by atoms with van der Waals surface area (Å²) in [6.45, 7) is 4.47. The number of hydrogen-bond donors (Lipinski definition) is 3. The molecule has 0 bridgehead atoms. The Morgan fingerprint density at radius 1 is 0.857 bits per heavy atom. The van der Waals surface area contributed by atoms with Gasteiger partial charge < -0.3 is 35.1 Å². The lowest BCUT2D eigenvalue weighted by Crippen LogP contribution is -2.22. The van der Waals surface area contributed by atoms with Crippen LogP contribution in [0.2, 0.25) is 0 Å². The van der Waals surface area contributed by atoms with Crippen LogP contribution in [0.1, 0.15) is 25.3 Å². The summed E-state index contributed by atoms with van der Waals surface area (Å²) in [5, 5.41) is 9.82. The Bertz CT molecular complexity index is 1650. The van der Waals surface area contributed by atoms with E-state index in [2.05, 4.69) is 20.9 Å². The molecule has 10 heteroatoms. The number of nitrogens with zero attached hydrogens (tertiary/aromatic N) is 2. The maximum Gasteiger partial charge on any atom is 0.323 e. The van der Waals surface area contributed by atoms with Crippen molar-refractivity contribution in [2.75, 3.05) is 36.7 Å². The molecule has 0 radical (unpaired) electrons. The molecule has 4 aromatic rings. The Balaban J connectivity index is 1.24. The second-order valence-electron chi connectivity index (χ2n) is 9.74. The van der Waals surface area contributed by atoms with Crippen molar-refractivity contribution in [2.45, 2.75) is 26.7 Å². The van der Waals surface area contributed by atoms with Crippen molar-refractivity contribution in [2.24, 2.45) is 0 Å². The minimum absolute atomic E-state index is 0.109. The number of fused-ring (bicyclic) bond motifs is 1. The number of carbonyl (C=O) groups excluding carboxylic acids is 2. The van der Waals surface area contributed by atoms with E-state index < -0.39 is 0 Å². The molecule has 42 heavy (non-hydrogen) atoms. The molecule has 2 heterocycles. The van der Waals surface area contributed by atoms with Crippen molar-refractivity contribution < 1.29 is 23.8 Å². The van der Waals surface area contributed by atoms with Gasteiger partial charge in [-0.25, -0.2) is 4.79 Å². The molecule has 0 aliphatic carbocycles. The van der Waals surface area contributed by atoms with Gasteiger partial charge in [-0.1, -0.05) is 13.0 Å². The quantitative estimate of drug-likeness (QED) is 0.202. The highest BCUT2D eigenvalue weighted by molar-refractivity contribution is 6.00. The van der Waals surface area contributed by atoms with Gasteiger partial charge in [0.05, 0.1) is 19.7 Å². The highest BCUT2D eigenvalue weighted by atomic mass is 16.5. The molecule has 3 amide bonds. The molecule has 0 saturated heterocycles. The number of aromatic nitrogens is 1. The van der Waals surface area contributed by atoms with E-state index in [1.165, 1.54) is 0 Å². The minimum atomic E-state index is -0.385. The second kappa shape index (κ2) is 12.5. The van der Waals surface area contributed by atoms with Gasteiger partial charge in [0.25, 0.3) is 0 Å². The normalized spacial score (nSPS) is 12.5.